The Morgan fingerprint density at radius 3 is 2.45 bits per heavy atom. The maximum absolute atomic E-state index is 14.2. The van der Waals surface area contributed by atoms with Crippen molar-refractivity contribution in [2.45, 2.75) is 102 Å². The number of carboxylic acid groups (broad SMARTS) is 1. The number of rotatable bonds is 10. The first-order chi connectivity index (χ1) is 19.6. The molecule has 0 bridgehead atoms. The van der Waals surface area contributed by atoms with Crippen molar-refractivity contribution in [2.24, 2.45) is 5.41 Å². The minimum atomic E-state index is -0.972. The summed E-state index contributed by atoms with van der Waals surface area (Å²) in [5, 5.41) is 12.1. The predicted octanol–water partition coefficient (Wildman–Crippen LogP) is 3.84. The highest BCUT2D eigenvalue weighted by Crippen LogP contribution is 2.49. The fourth-order valence-electron chi connectivity index (χ4n) is 5.58. The molecule has 0 aromatic heterocycles. The summed E-state index contributed by atoms with van der Waals surface area (Å²) in [4.78, 5) is 68.8. The van der Waals surface area contributed by atoms with Crippen molar-refractivity contribution in [2.75, 3.05) is 12.8 Å². The third kappa shape index (κ3) is 7.76. The molecule has 0 radical (unpaired) electrons. The Morgan fingerprint density at radius 2 is 1.88 bits per heavy atom. The van der Waals surface area contributed by atoms with Gasteiger partial charge < -0.3 is 25.0 Å². The van der Waals surface area contributed by atoms with Crippen LogP contribution in [0.2, 0.25) is 0 Å². The molecule has 0 aliphatic carbocycles. The summed E-state index contributed by atoms with van der Waals surface area (Å²) in [5.41, 5.74) is -0.459. The summed E-state index contributed by atoms with van der Waals surface area (Å²) in [6.07, 6.45) is 0.437. The summed E-state index contributed by atoms with van der Waals surface area (Å²) < 4.78 is 5.38. The molecule has 5 atom stereocenters. The van der Waals surface area contributed by atoms with Gasteiger partial charge in [-0.25, -0.2) is 4.79 Å². The van der Waals surface area contributed by atoms with Crippen LogP contribution < -0.4 is 5.32 Å². The van der Waals surface area contributed by atoms with Gasteiger partial charge in [0.15, 0.2) is 0 Å². The number of thioether (sulfide) groups is 1. The van der Waals surface area contributed by atoms with Crippen LogP contribution in [-0.4, -0.2) is 92.1 Å². The first-order valence-electron chi connectivity index (χ1n) is 14.3. The van der Waals surface area contributed by atoms with Gasteiger partial charge >= 0.3 is 12.1 Å². The molecular weight excluding hydrogens is 560 g/mol. The Morgan fingerprint density at radius 1 is 1.24 bits per heavy atom. The quantitative estimate of drug-likeness (QED) is 0.385. The molecule has 2 aliphatic rings. The van der Waals surface area contributed by atoms with E-state index in [0.717, 1.165) is 5.56 Å². The molecule has 0 saturated carbocycles. The van der Waals surface area contributed by atoms with Crippen molar-refractivity contribution in [1.29, 1.82) is 0 Å². The van der Waals surface area contributed by atoms with E-state index in [1.54, 1.807) is 49.3 Å². The van der Waals surface area contributed by atoms with E-state index in [-0.39, 0.29) is 24.1 Å². The van der Waals surface area contributed by atoms with Crippen LogP contribution in [0, 0.1) is 5.41 Å². The van der Waals surface area contributed by atoms with Gasteiger partial charge in [-0.1, -0.05) is 44.2 Å². The van der Waals surface area contributed by atoms with Gasteiger partial charge in [-0.2, -0.15) is 0 Å². The molecule has 3 rings (SSSR count). The summed E-state index contributed by atoms with van der Waals surface area (Å²) in [6.45, 7) is 10.8. The zero-order chi connectivity index (χ0) is 31.4. The maximum Gasteiger partial charge on any atom is 0.410 e. The number of carbonyl (C=O) groups excluding carboxylic acids is 4. The summed E-state index contributed by atoms with van der Waals surface area (Å²) in [5.74, 6) is -1.16. The summed E-state index contributed by atoms with van der Waals surface area (Å²) >= 11 is 1.61. The van der Waals surface area contributed by atoms with Crippen molar-refractivity contribution >= 4 is 42.0 Å². The van der Waals surface area contributed by atoms with E-state index >= 15 is 0 Å². The van der Waals surface area contributed by atoms with Gasteiger partial charge in [-0.05, 0) is 58.3 Å². The van der Waals surface area contributed by atoms with Crippen LogP contribution in [0.5, 0.6) is 0 Å². The molecule has 11 nitrogen and oxygen atoms in total. The van der Waals surface area contributed by atoms with Crippen molar-refractivity contribution in [3.63, 3.8) is 0 Å². The van der Waals surface area contributed by atoms with Crippen LogP contribution >= 0.6 is 11.8 Å². The third-order valence-corrected chi connectivity index (χ3v) is 9.03. The van der Waals surface area contributed by atoms with Gasteiger partial charge in [-0.15, -0.1) is 11.8 Å². The Hall–Kier alpha value is -3.28. The van der Waals surface area contributed by atoms with Crippen molar-refractivity contribution in [1.82, 2.24) is 20.0 Å². The average Bonchev–Trinajstić information content (AvgIpc) is 3.09. The Bertz CT molecular complexity index is 1160. The monoisotopic (exact) mass is 604 g/mol. The van der Waals surface area contributed by atoms with E-state index in [1.807, 2.05) is 44.2 Å². The molecule has 0 unspecified atom stereocenters. The molecule has 12 heteroatoms. The van der Waals surface area contributed by atoms with Crippen LogP contribution in [0.25, 0.3) is 0 Å². The van der Waals surface area contributed by atoms with E-state index in [4.69, 9.17) is 4.74 Å². The first kappa shape index (κ1) is 33.2. The maximum atomic E-state index is 14.2. The fourth-order valence-corrected chi connectivity index (χ4v) is 7.15. The molecule has 1 aromatic rings. The molecule has 1 aromatic carbocycles. The van der Waals surface area contributed by atoms with E-state index in [9.17, 15) is 29.1 Å². The Kier molecular flexibility index (Phi) is 10.6. The smallest absolute Gasteiger partial charge is 0.410 e. The Balaban J connectivity index is 1.89. The lowest BCUT2D eigenvalue weighted by Gasteiger charge is -2.44. The molecule has 2 saturated heterocycles. The zero-order valence-corrected chi connectivity index (χ0v) is 26.3. The molecule has 42 heavy (non-hydrogen) atoms. The largest absolute Gasteiger partial charge is 0.481 e. The summed E-state index contributed by atoms with van der Waals surface area (Å²) in [6, 6.07) is 6.91. The topological polar surface area (TPSA) is 137 Å². The number of likely N-dealkylation sites (N-methyl/N-ethyl adjacent to an activating group) is 1. The number of hydrogen-bond acceptors (Lipinski definition) is 7. The first-order valence-corrected chi connectivity index (χ1v) is 15.3. The molecule has 4 amide bonds. The van der Waals surface area contributed by atoms with Crippen LogP contribution in [0.1, 0.15) is 78.8 Å². The zero-order valence-electron chi connectivity index (χ0n) is 25.5. The number of carbonyl (C=O) groups is 5. The van der Waals surface area contributed by atoms with Gasteiger partial charge in [-0.3, -0.25) is 24.1 Å². The van der Waals surface area contributed by atoms with Crippen molar-refractivity contribution in [3.8, 4) is 0 Å². The van der Waals surface area contributed by atoms with Gasteiger partial charge in [0.2, 0.25) is 18.2 Å². The van der Waals surface area contributed by atoms with E-state index < -0.39 is 53.3 Å². The van der Waals surface area contributed by atoms with Crippen molar-refractivity contribution < 1.29 is 33.8 Å². The predicted molar refractivity (Wildman–Crippen MR) is 159 cm³/mol. The van der Waals surface area contributed by atoms with Crippen molar-refractivity contribution in [3.05, 3.63) is 35.9 Å². The number of ether oxygens (including phenoxy) is 1. The number of hydrogen-bond donors (Lipinski definition) is 2. The highest BCUT2D eigenvalue weighted by molar-refractivity contribution is 7.99. The van der Waals surface area contributed by atoms with Gasteiger partial charge in [0.1, 0.15) is 23.9 Å². The lowest BCUT2D eigenvalue weighted by atomic mass is 9.86. The molecule has 0 spiro atoms. The number of nitrogens with zero attached hydrogens (tertiary/aromatic N) is 3. The molecule has 2 N–H and O–H groups in total. The number of nitrogens with one attached hydrogen (secondary N) is 1. The van der Waals surface area contributed by atoms with E-state index in [1.165, 1.54) is 11.9 Å². The molecule has 2 fully saturated rings. The lowest BCUT2D eigenvalue weighted by molar-refractivity contribution is -0.149. The second-order valence-electron chi connectivity index (χ2n) is 12.7. The van der Waals surface area contributed by atoms with E-state index in [2.05, 4.69) is 5.32 Å². The lowest BCUT2D eigenvalue weighted by Crippen LogP contribution is -2.59. The van der Waals surface area contributed by atoms with Gasteiger partial charge in [0, 0.05) is 18.9 Å². The SMILES string of the molecule is C[C@@H](C(=O)N[C@H]1CCS[C@H]2CC(C)(C)[C@@H](N(C=O)[C@H](CCC(=O)O)c3ccccc3)N2C1=O)N(C)C(=O)OC(C)(C)C. The highest BCUT2D eigenvalue weighted by Gasteiger charge is 2.54. The number of benzene rings is 1. The fraction of sp³-hybridized carbons (Fsp3) is 0.633. The van der Waals surface area contributed by atoms with Crippen LogP contribution in [0.4, 0.5) is 4.79 Å². The normalized spacial score (nSPS) is 23.2. The van der Waals surface area contributed by atoms with Gasteiger partial charge in [0.05, 0.1) is 11.4 Å². The van der Waals surface area contributed by atoms with E-state index in [0.29, 0.717) is 25.0 Å². The number of amides is 4. The van der Waals surface area contributed by atoms with Crippen LogP contribution in [0.15, 0.2) is 30.3 Å². The standard InChI is InChI=1S/C30H44N4O7S/c1-19(32(7)28(40)41-29(2,3)4)25(38)31-21-15-16-42-23-17-30(5,6)27(34(23)26(21)39)33(18-35)22(13-14-24(36)37)20-11-9-8-10-12-20/h8-12,18-19,21-23,27H,13-17H2,1-7H3,(H,31,38)(H,36,37)/t19-,21-,22+,23-,27-/m0/s1. The number of aliphatic carboxylic acids is 1. The molecule has 2 heterocycles. The van der Waals surface area contributed by atoms with Crippen LogP contribution in [-0.2, 0) is 23.9 Å². The Labute approximate surface area is 252 Å². The van der Waals surface area contributed by atoms with Crippen LogP contribution in [0.3, 0.4) is 0 Å². The second kappa shape index (κ2) is 13.4. The molecular formula is C30H44N4O7S. The van der Waals surface area contributed by atoms with Gasteiger partial charge in [0.25, 0.3) is 0 Å². The third-order valence-electron chi connectivity index (χ3n) is 7.78. The minimum Gasteiger partial charge on any atom is -0.481 e. The molecule has 2 aliphatic heterocycles. The highest BCUT2D eigenvalue weighted by atomic mass is 32.2. The minimum absolute atomic E-state index is 0.148. The average molecular weight is 605 g/mol. The summed E-state index contributed by atoms with van der Waals surface area (Å²) in [7, 11) is 1.47. The number of fused-ring (bicyclic) bond motifs is 1. The second-order valence-corrected chi connectivity index (χ2v) is 14.0. The molecule has 232 valence electrons. The number of carboxylic acids is 1.